The number of nitrogens with zero attached hydrogens (tertiary/aromatic N) is 1. The van der Waals surface area contributed by atoms with Crippen LogP contribution in [0, 0.1) is 0 Å². The van der Waals surface area contributed by atoms with Crippen molar-refractivity contribution in [3.05, 3.63) is 59.7 Å². The largest absolute Gasteiger partial charge is 0.348 e. The van der Waals surface area contributed by atoms with E-state index >= 15 is 0 Å². The van der Waals surface area contributed by atoms with Crippen LogP contribution in [0.1, 0.15) is 30.9 Å². The van der Waals surface area contributed by atoms with Crippen LogP contribution in [0.3, 0.4) is 0 Å². The van der Waals surface area contributed by atoms with Gasteiger partial charge in [0.15, 0.2) is 0 Å². The zero-order valence-electron chi connectivity index (χ0n) is 13.9. The lowest BCUT2D eigenvalue weighted by Gasteiger charge is -2.17. The van der Waals surface area contributed by atoms with E-state index in [1.807, 2.05) is 37.3 Å². The lowest BCUT2D eigenvalue weighted by Crippen LogP contribution is -2.29. The highest BCUT2D eigenvalue weighted by molar-refractivity contribution is 7.88. The molecule has 0 bridgehead atoms. The van der Waals surface area contributed by atoms with Crippen LogP contribution in [-0.4, -0.2) is 31.7 Å². The third-order valence-corrected chi connectivity index (χ3v) is 5.75. The Balaban J connectivity index is 2.03. The monoisotopic (exact) mass is 348 g/mol. The van der Waals surface area contributed by atoms with Gasteiger partial charge in [-0.15, -0.1) is 0 Å². The standard InChI is InChI=1S/C18H24N2O3S/c1-2-3-4-11-18(21)19-14-16-9-5-6-10-17(16)15-24(22,23)20-12-7-8-13-20/h2-6,9-11H,7-8,12-15H2,1H3,(H,19,21)/b3-2+,11-4+. The summed E-state index contributed by atoms with van der Waals surface area (Å²) < 4.78 is 26.5. The first-order valence-electron chi connectivity index (χ1n) is 8.15. The molecule has 1 N–H and O–H groups in total. The van der Waals surface area contributed by atoms with Crippen molar-refractivity contribution in [1.82, 2.24) is 9.62 Å². The van der Waals surface area contributed by atoms with Crippen molar-refractivity contribution >= 4 is 15.9 Å². The van der Waals surface area contributed by atoms with Gasteiger partial charge in [0.1, 0.15) is 0 Å². The molecule has 0 atom stereocenters. The summed E-state index contributed by atoms with van der Waals surface area (Å²) >= 11 is 0. The van der Waals surface area contributed by atoms with E-state index in [1.54, 1.807) is 16.5 Å². The van der Waals surface area contributed by atoms with Gasteiger partial charge in [-0.2, -0.15) is 0 Å². The van der Waals surface area contributed by atoms with Gasteiger partial charge in [-0.3, -0.25) is 4.79 Å². The summed E-state index contributed by atoms with van der Waals surface area (Å²) in [6.45, 7) is 3.40. The van der Waals surface area contributed by atoms with E-state index in [0.29, 0.717) is 19.6 Å². The molecule has 2 rings (SSSR count). The van der Waals surface area contributed by atoms with Gasteiger partial charge in [-0.1, -0.05) is 42.5 Å². The Morgan fingerprint density at radius 2 is 1.83 bits per heavy atom. The van der Waals surface area contributed by atoms with E-state index in [1.165, 1.54) is 6.08 Å². The maximum Gasteiger partial charge on any atom is 0.244 e. The zero-order valence-corrected chi connectivity index (χ0v) is 14.8. The van der Waals surface area contributed by atoms with Crippen LogP contribution in [0.5, 0.6) is 0 Å². The molecule has 0 radical (unpaired) electrons. The van der Waals surface area contributed by atoms with E-state index < -0.39 is 10.0 Å². The van der Waals surface area contributed by atoms with E-state index in [2.05, 4.69) is 5.32 Å². The zero-order chi connectivity index (χ0) is 17.4. The molecule has 0 spiro atoms. The Bertz CT molecular complexity index is 718. The summed E-state index contributed by atoms with van der Waals surface area (Å²) in [5.74, 6) is -0.224. The van der Waals surface area contributed by atoms with Crippen molar-refractivity contribution in [1.29, 1.82) is 0 Å². The first-order chi connectivity index (χ1) is 11.5. The third kappa shape index (κ3) is 5.32. The number of sulfonamides is 1. The van der Waals surface area contributed by atoms with Crippen molar-refractivity contribution in [2.24, 2.45) is 0 Å². The molecular formula is C18H24N2O3S. The van der Waals surface area contributed by atoms with Crippen molar-refractivity contribution in [2.75, 3.05) is 13.1 Å². The molecule has 130 valence electrons. The normalized spacial score (nSPS) is 16.2. The summed E-state index contributed by atoms with van der Waals surface area (Å²) in [7, 11) is -3.29. The van der Waals surface area contributed by atoms with Crippen LogP contribution in [-0.2, 0) is 27.1 Å². The van der Waals surface area contributed by atoms with Crippen molar-refractivity contribution in [2.45, 2.75) is 32.1 Å². The fourth-order valence-electron chi connectivity index (χ4n) is 2.62. The first kappa shape index (κ1) is 18.4. The second-order valence-electron chi connectivity index (χ2n) is 5.73. The maximum atomic E-state index is 12.5. The molecule has 1 aromatic carbocycles. The highest BCUT2D eigenvalue weighted by atomic mass is 32.2. The molecule has 0 aliphatic carbocycles. The molecule has 1 saturated heterocycles. The molecular weight excluding hydrogens is 324 g/mol. The summed E-state index contributed by atoms with van der Waals surface area (Å²) in [5.41, 5.74) is 1.56. The van der Waals surface area contributed by atoms with Gasteiger partial charge in [-0.05, 0) is 30.9 Å². The van der Waals surface area contributed by atoms with Gasteiger partial charge in [-0.25, -0.2) is 12.7 Å². The molecule has 1 aliphatic rings. The fraction of sp³-hybridized carbons (Fsp3) is 0.389. The Morgan fingerprint density at radius 1 is 1.17 bits per heavy atom. The van der Waals surface area contributed by atoms with Crippen LogP contribution < -0.4 is 5.32 Å². The predicted molar refractivity (Wildman–Crippen MR) is 95.7 cm³/mol. The molecule has 24 heavy (non-hydrogen) atoms. The van der Waals surface area contributed by atoms with Gasteiger partial charge < -0.3 is 5.32 Å². The molecule has 0 unspecified atom stereocenters. The molecule has 1 heterocycles. The second kappa shape index (κ2) is 8.80. The van der Waals surface area contributed by atoms with Crippen LogP contribution in [0.4, 0.5) is 0 Å². The summed E-state index contributed by atoms with van der Waals surface area (Å²) in [5, 5.41) is 2.79. The minimum Gasteiger partial charge on any atom is -0.348 e. The fourth-order valence-corrected chi connectivity index (χ4v) is 4.29. The van der Waals surface area contributed by atoms with Gasteiger partial charge in [0.25, 0.3) is 0 Å². The molecule has 1 fully saturated rings. The molecule has 1 aliphatic heterocycles. The number of hydrogen-bond acceptors (Lipinski definition) is 3. The molecule has 5 nitrogen and oxygen atoms in total. The number of benzene rings is 1. The average molecular weight is 348 g/mol. The smallest absolute Gasteiger partial charge is 0.244 e. The molecule has 0 aromatic heterocycles. The highest BCUT2D eigenvalue weighted by Gasteiger charge is 2.26. The Hall–Kier alpha value is -1.92. The molecule has 1 amide bonds. The molecule has 6 heteroatoms. The lowest BCUT2D eigenvalue weighted by atomic mass is 10.1. The number of allylic oxidation sites excluding steroid dienone is 3. The third-order valence-electron chi connectivity index (χ3n) is 3.92. The Labute approximate surface area is 144 Å². The predicted octanol–water partition coefficient (Wildman–Crippen LogP) is 2.36. The maximum absolute atomic E-state index is 12.5. The molecule has 1 aromatic rings. The van der Waals surface area contributed by atoms with Crippen LogP contribution in [0.15, 0.2) is 48.6 Å². The summed E-state index contributed by atoms with van der Waals surface area (Å²) in [6, 6.07) is 7.34. The number of hydrogen-bond donors (Lipinski definition) is 1. The van der Waals surface area contributed by atoms with E-state index in [-0.39, 0.29) is 11.7 Å². The van der Waals surface area contributed by atoms with Crippen molar-refractivity contribution in [3.63, 3.8) is 0 Å². The molecule has 0 saturated carbocycles. The quantitative estimate of drug-likeness (QED) is 0.608. The van der Waals surface area contributed by atoms with Gasteiger partial charge in [0.05, 0.1) is 5.75 Å². The number of amides is 1. The number of carbonyl (C=O) groups excluding carboxylic acids is 1. The summed E-state index contributed by atoms with van der Waals surface area (Å²) in [4.78, 5) is 11.7. The summed E-state index contributed by atoms with van der Waals surface area (Å²) in [6.07, 6.45) is 8.58. The average Bonchev–Trinajstić information content (AvgIpc) is 3.09. The van der Waals surface area contributed by atoms with E-state index in [9.17, 15) is 13.2 Å². The van der Waals surface area contributed by atoms with Crippen molar-refractivity contribution in [3.8, 4) is 0 Å². The Kier molecular flexibility index (Phi) is 6.75. The van der Waals surface area contributed by atoms with Crippen molar-refractivity contribution < 1.29 is 13.2 Å². The minimum absolute atomic E-state index is 0.0204. The number of nitrogens with one attached hydrogen (secondary N) is 1. The van der Waals surface area contributed by atoms with Crippen LogP contribution >= 0.6 is 0 Å². The minimum atomic E-state index is -3.29. The van der Waals surface area contributed by atoms with Gasteiger partial charge >= 0.3 is 0 Å². The second-order valence-corrected chi connectivity index (χ2v) is 7.70. The Morgan fingerprint density at radius 3 is 2.50 bits per heavy atom. The van der Waals surface area contributed by atoms with E-state index in [4.69, 9.17) is 0 Å². The van der Waals surface area contributed by atoms with Gasteiger partial charge in [0, 0.05) is 25.7 Å². The SMILES string of the molecule is C/C=C/C=C/C(=O)NCc1ccccc1CS(=O)(=O)N1CCCC1. The van der Waals surface area contributed by atoms with Gasteiger partial charge in [0.2, 0.25) is 15.9 Å². The van der Waals surface area contributed by atoms with Crippen LogP contribution in [0.25, 0.3) is 0 Å². The highest BCUT2D eigenvalue weighted by Crippen LogP contribution is 2.19. The van der Waals surface area contributed by atoms with Crippen LogP contribution in [0.2, 0.25) is 0 Å². The topological polar surface area (TPSA) is 66.5 Å². The number of rotatable bonds is 7. The van der Waals surface area contributed by atoms with E-state index in [0.717, 1.165) is 24.0 Å². The lowest BCUT2D eigenvalue weighted by molar-refractivity contribution is -0.116. The first-order valence-corrected chi connectivity index (χ1v) is 9.75. The number of carbonyl (C=O) groups is 1.